The molecule has 0 aromatic heterocycles. The number of hydrogen-bond acceptors (Lipinski definition) is 2. The van der Waals surface area contributed by atoms with Crippen LogP contribution in [-0.2, 0) is 4.79 Å². The van der Waals surface area contributed by atoms with E-state index in [1.807, 2.05) is 0 Å². The van der Waals surface area contributed by atoms with Gasteiger partial charge in [-0.1, -0.05) is 6.92 Å². The fourth-order valence-corrected chi connectivity index (χ4v) is 0.888. The molecule has 0 aliphatic rings. The molecule has 2 atom stereocenters. The molecule has 0 saturated carbocycles. The third-order valence-electron chi connectivity index (χ3n) is 2.21. The molecular formula is C8H15F3N2O. The minimum atomic E-state index is -4.68. The van der Waals surface area contributed by atoms with Crippen LogP contribution in [0.15, 0.2) is 0 Å². The average molecular weight is 212 g/mol. The first-order chi connectivity index (χ1) is 6.15. The Labute approximate surface area is 80.8 Å². The minimum Gasteiger partial charge on any atom is -0.368 e. The first-order valence-corrected chi connectivity index (χ1v) is 4.29. The van der Waals surface area contributed by atoms with Gasteiger partial charge in [-0.15, -0.1) is 0 Å². The molecule has 0 rings (SSSR count). The van der Waals surface area contributed by atoms with E-state index >= 15 is 0 Å². The molecule has 3 N–H and O–H groups in total. The maximum Gasteiger partial charge on any atom is 0.415 e. The zero-order chi connectivity index (χ0) is 11.6. The summed E-state index contributed by atoms with van der Waals surface area (Å²) >= 11 is 0. The normalized spacial score (nSPS) is 18.7. The van der Waals surface area contributed by atoms with E-state index in [2.05, 4.69) is 5.32 Å². The summed E-state index contributed by atoms with van der Waals surface area (Å²) in [6, 6.07) is -0.422. The van der Waals surface area contributed by atoms with Gasteiger partial charge in [0, 0.05) is 6.04 Å². The largest absolute Gasteiger partial charge is 0.415 e. The van der Waals surface area contributed by atoms with Crippen LogP contribution in [0.3, 0.4) is 0 Å². The fourth-order valence-electron chi connectivity index (χ4n) is 0.888. The van der Waals surface area contributed by atoms with Crippen LogP contribution in [0, 0.1) is 0 Å². The number of rotatable bonds is 4. The SMILES string of the molecule is CCC(C)NC(C)(C(N)=O)C(F)(F)F. The topological polar surface area (TPSA) is 55.1 Å². The lowest BCUT2D eigenvalue weighted by Crippen LogP contribution is -2.64. The lowest BCUT2D eigenvalue weighted by Gasteiger charge is -2.32. The van der Waals surface area contributed by atoms with Crippen LogP contribution in [-0.4, -0.2) is 23.7 Å². The van der Waals surface area contributed by atoms with Crippen LogP contribution in [0.1, 0.15) is 27.2 Å². The number of nitrogens with one attached hydrogen (secondary N) is 1. The highest BCUT2D eigenvalue weighted by molar-refractivity contribution is 5.85. The van der Waals surface area contributed by atoms with E-state index in [1.54, 1.807) is 13.8 Å². The molecular weight excluding hydrogens is 197 g/mol. The van der Waals surface area contributed by atoms with Crippen LogP contribution < -0.4 is 11.1 Å². The highest BCUT2D eigenvalue weighted by atomic mass is 19.4. The Balaban J connectivity index is 4.84. The summed E-state index contributed by atoms with van der Waals surface area (Å²) in [4.78, 5) is 10.8. The summed E-state index contributed by atoms with van der Waals surface area (Å²) in [5.74, 6) is -1.41. The summed E-state index contributed by atoms with van der Waals surface area (Å²) in [6.45, 7) is 4.03. The second-order valence-corrected chi connectivity index (χ2v) is 3.44. The molecule has 14 heavy (non-hydrogen) atoms. The van der Waals surface area contributed by atoms with Crippen molar-refractivity contribution in [2.75, 3.05) is 0 Å². The molecule has 0 radical (unpaired) electrons. The van der Waals surface area contributed by atoms with Crippen molar-refractivity contribution < 1.29 is 18.0 Å². The lowest BCUT2D eigenvalue weighted by molar-refractivity contribution is -0.195. The number of amides is 1. The number of primary amides is 1. The van der Waals surface area contributed by atoms with E-state index in [0.717, 1.165) is 6.92 Å². The Morgan fingerprint density at radius 1 is 1.50 bits per heavy atom. The predicted octanol–water partition coefficient (Wildman–Crippen LogP) is 1.18. The maximum atomic E-state index is 12.5. The van der Waals surface area contributed by atoms with E-state index in [-0.39, 0.29) is 0 Å². The van der Waals surface area contributed by atoms with E-state index in [1.165, 1.54) is 0 Å². The van der Waals surface area contributed by atoms with Crippen molar-refractivity contribution in [2.45, 2.75) is 44.9 Å². The van der Waals surface area contributed by atoms with Crippen LogP contribution in [0.4, 0.5) is 13.2 Å². The van der Waals surface area contributed by atoms with Gasteiger partial charge in [-0.25, -0.2) is 0 Å². The Kier molecular flexibility index (Phi) is 3.93. The molecule has 1 amide bonds. The quantitative estimate of drug-likeness (QED) is 0.735. The summed E-state index contributed by atoms with van der Waals surface area (Å²) < 4.78 is 37.5. The third kappa shape index (κ3) is 2.60. The monoisotopic (exact) mass is 212 g/mol. The van der Waals surface area contributed by atoms with Crippen molar-refractivity contribution in [3.63, 3.8) is 0 Å². The molecule has 0 aromatic carbocycles. The standard InChI is InChI=1S/C8H15F3N2O/c1-4-5(2)13-7(3,6(12)14)8(9,10)11/h5,13H,4H2,1-3H3,(H2,12,14). The van der Waals surface area contributed by atoms with E-state index in [9.17, 15) is 18.0 Å². The van der Waals surface area contributed by atoms with Crippen LogP contribution in [0.2, 0.25) is 0 Å². The van der Waals surface area contributed by atoms with Gasteiger partial charge in [-0.05, 0) is 20.3 Å². The van der Waals surface area contributed by atoms with Gasteiger partial charge in [0.05, 0.1) is 0 Å². The number of carbonyl (C=O) groups excluding carboxylic acids is 1. The summed E-state index contributed by atoms with van der Waals surface area (Å²) in [5, 5.41) is 2.18. The number of hydrogen-bond donors (Lipinski definition) is 2. The average Bonchev–Trinajstić information content (AvgIpc) is 2.01. The Bertz CT molecular complexity index is 217. The van der Waals surface area contributed by atoms with Gasteiger partial charge in [0.2, 0.25) is 5.91 Å². The Morgan fingerprint density at radius 2 is 1.93 bits per heavy atom. The van der Waals surface area contributed by atoms with Gasteiger partial charge >= 0.3 is 6.18 Å². The fraction of sp³-hybridized carbons (Fsp3) is 0.875. The van der Waals surface area contributed by atoms with Crippen molar-refractivity contribution in [3.05, 3.63) is 0 Å². The zero-order valence-corrected chi connectivity index (χ0v) is 8.40. The first-order valence-electron chi connectivity index (χ1n) is 4.29. The molecule has 0 fully saturated rings. The number of alkyl halides is 3. The van der Waals surface area contributed by atoms with E-state index < -0.39 is 23.7 Å². The predicted molar refractivity (Wildman–Crippen MR) is 46.5 cm³/mol. The molecule has 84 valence electrons. The number of halogens is 3. The molecule has 0 spiro atoms. The second-order valence-electron chi connectivity index (χ2n) is 3.44. The van der Waals surface area contributed by atoms with Crippen LogP contribution in [0.5, 0.6) is 0 Å². The highest BCUT2D eigenvalue weighted by Gasteiger charge is 2.56. The molecule has 0 heterocycles. The summed E-state index contributed by atoms with van der Waals surface area (Å²) in [7, 11) is 0. The zero-order valence-electron chi connectivity index (χ0n) is 8.40. The van der Waals surface area contributed by atoms with Crippen molar-refractivity contribution in [1.82, 2.24) is 5.32 Å². The second kappa shape index (κ2) is 4.16. The van der Waals surface area contributed by atoms with Crippen molar-refractivity contribution in [3.8, 4) is 0 Å². The van der Waals surface area contributed by atoms with Gasteiger partial charge < -0.3 is 5.73 Å². The van der Waals surface area contributed by atoms with Crippen molar-refractivity contribution >= 4 is 5.91 Å². The summed E-state index contributed by atoms with van der Waals surface area (Å²) in [5.41, 5.74) is 2.09. The minimum absolute atomic E-state index is 0.422. The molecule has 0 aliphatic carbocycles. The number of nitrogens with two attached hydrogens (primary N) is 1. The maximum absolute atomic E-state index is 12.5. The van der Waals surface area contributed by atoms with Crippen molar-refractivity contribution in [2.24, 2.45) is 5.73 Å². The Hall–Kier alpha value is -0.780. The molecule has 0 bridgehead atoms. The molecule has 6 heteroatoms. The molecule has 0 aromatic rings. The van der Waals surface area contributed by atoms with E-state index in [4.69, 9.17) is 5.73 Å². The van der Waals surface area contributed by atoms with Gasteiger partial charge in [0.1, 0.15) is 0 Å². The highest BCUT2D eigenvalue weighted by Crippen LogP contribution is 2.30. The molecule has 0 aliphatic heterocycles. The van der Waals surface area contributed by atoms with Gasteiger partial charge in [-0.3, -0.25) is 10.1 Å². The Morgan fingerprint density at radius 3 is 2.14 bits per heavy atom. The van der Waals surface area contributed by atoms with Crippen molar-refractivity contribution in [1.29, 1.82) is 0 Å². The lowest BCUT2D eigenvalue weighted by atomic mass is 9.99. The van der Waals surface area contributed by atoms with E-state index in [0.29, 0.717) is 6.42 Å². The third-order valence-corrected chi connectivity index (χ3v) is 2.21. The van der Waals surface area contributed by atoms with Gasteiger partial charge in [0.25, 0.3) is 0 Å². The number of carbonyl (C=O) groups is 1. The van der Waals surface area contributed by atoms with Crippen LogP contribution >= 0.6 is 0 Å². The molecule has 2 unspecified atom stereocenters. The molecule has 0 saturated heterocycles. The van der Waals surface area contributed by atoms with Crippen LogP contribution in [0.25, 0.3) is 0 Å². The van der Waals surface area contributed by atoms with Gasteiger partial charge in [-0.2, -0.15) is 13.2 Å². The smallest absolute Gasteiger partial charge is 0.368 e. The summed E-state index contributed by atoms with van der Waals surface area (Å²) in [6.07, 6.45) is -4.19. The molecule has 3 nitrogen and oxygen atoms in total. The first kappa shape index (κ1) is 13.2. The van der Waals surface area contributed by atoms with Gasteiger partial charge in [0.15, 0.2) is 5.54 Å².